The van der Waals surface area contributed by atoms with Gasteiger partial charge in [0.05, 0.1) is 11.0 Å². The van der Waals surface area contributed by atoms with Gasteiger partial charge >= 0.3 is 0 Å². The van der Waals surface area contributed by atoms with Crippen LogP contribution in [-0.2, 0) is 5.41 Å². The van der Waals surface area contributed by atoms with Crippen molar-refractivity contribution in [2.24, 2.45) is 0 Å². The molecule has 6 aromatic rings. The molecule has 0 unspecified atom stereocenters. The van der Waals surface area contributed by atoms with E-state index in [1.807, 2.05) is 41.5 Å². The van der Waals surface area contributed by atoms with Crippen LogP contribution in [0.5, 0.6) is 0 Å². The van der Waals surface area contributed by atoms with Gasteiger partial charge in [0.2, 0.25) is 0 Å². The summed E-state index contributed by atoms with van der Waals surface area (Å²) in [5.74, 6) is 0. The van der Waals surface area contributed by atoms with Gasteiger partial charge in [0.25, 0.3) is 0 Å². The van der Waals surface area contributed by atoms with Gasteiger partial charge in [-0.2, -0.15) is 0 Å². The molecule has 0 N–H and O–H groups in total. The minimum absolute atomic E-state index is 0.0182. The first-order valence-electron chi connectivity index (χ1n) is 15.1. The molecule has 1 aliphatic carbocycles. The van der Waals surface area contributed by atoms with Gasteiger partial charge in [0, 0.05) is 37.0 Å². The molecule has 2 heteroatoms. The van der Waals surface area contributed by atoms with Gasteiger partial charge in [-0.15, -0.1) is 11.3 Å². The van der Waals surface area contributed by atoms with Crippen LogP contribution >= 0.6 is 11.3 Å². The summed E-state index contributed by atoms with van der Waals surface area (Å²) in [7, 11) is 0. The predicted octanol–water partition coefficient (Wildman–Crippen LogP) is 10.8. The van der Waals surface area contributed by atoms with Crippen LogP contribution in [0.1, 0.15) is 66.5 Å². The first kappa shape index (κ1) is 30.1. The average Bonchev–Trinajstić information content (AvgIpc) is 3.60. The van der Waals surface area contributed by atoms with Crippen LogP contribution in [0.2, 0.25) is 0 Å². The molecule has 0 spiro atoms. The fourth-order valence-corrected chi connectivity index (χ4v) is 6.87. The van der Waals surface area contributed by atoms with E-state index in [0.717, 1.165) is 4.53 Å². The van der Waals surface area contributed by atoms with Gasteiger partial charge in [-0.25, -0.2) is 0 Å². The van der Waals surface area contributed by atoms with Crippen molar-refractivity contribution in [1.82, 2.24) is 4.57 Å². The Kier molecular flexibility index (Phi) is 9.35. The van der Waals surface area contributed by atoms with Crippen molar-refractivity contribution in [1.29, 1.82) is 0 Å². The van der Waals surface area contributed by atoms with Gasteiger partial charge in [-0.1, -0.05) is 129 Å². The van der Waals surface area contributed by atoms with E-state index in [1.165, 1.54) is 59.4 Å². The number of fused-ring (bicyclic) bond motifs is 7. The van der Waals surface area contributed by atoms with Crippen molar-refractivity contribution in [2.45, 2.75) is 60.8 Å². The first-order valence-corrected chi connectivity index (χ1v) is 15.9. The molecule has 2 aromatic heterocycles. The second kappa shape index (κ2) is 12.7. The largest absolute Gasteiger partial charge is 0.316 e. The summed E-state index contributed by atoms with van der Waals surface area (Å²) in [4.78, 5) is 0. The number of thiophene rings is 1. The number of aromatic nitrogens is 1. The van der Waals surface area contributed by atoms with E-state index >= 15 is 0 Å². The fraction of sp³-hybridized carbons (Fsp3) is 0.231. The number of benzene rings is 4. The van der Waals surface area contributed by atoms with Crippen LogP contribution in [0, 0.1) is 0 Å². The molecular weight excluding hydrogens is 515 g/mol. The van der Waals surface area contributed by atoms with E-state index in [2.05, 4.69) is 128 Å². The van der Waals surface area contributed by atoms with Crippen LogP contribution < -0.4 is 9.75 Å². The Morgan fingerprint density at radius 3 is 2.05 bits per heavy atom. The Morgan fingerprint density at radius 1 is 0.659 bits per heavy atom. The zero-order valence-electron chi connectivity index (χ0n) is 25.9. The lowest BCUT2D eigenvalue weighted by molar-refractivity contribution is 0.661. The van der Waals surface area contributed by atoms with Crippen LogP contribution in [0.4, 0.5) is 0 Å². The number of allylic oxidation sites excluding steroid dienone is 1. The molecule has 1 nitrogen and oxygen atoms in total. The van der Waals surface area contributed by atoms with Crippen LogP contribution in [0.15, 0.2) is 91.0 Å². The highest BCUT2D eigenvalue weighted by atomic mass is 32.1. The topological polar surface area (TPSA) is 4.93 Å². The van der Waals surface area contributed by atoms with Gasteiger partial charge in [-0.3, -0.25) is 0 Å². The average molecular weight is 558 g/mol. The Bertz CT molecular complexity index is 1950. The third-order valence-corrected chi connectivity index (χ3v) is 8.66. The van der Waals surface area contributed by atoms with Crippen LogP contribution in [0.25, 0.3) is 61.9 Å². The van der Waals surface area contributed by atoms with Gasteiger partial charge in [0.15, 0.2) is 0 Å². The first-order chi connectivity index (χ1) is 20.0. The summed E-state index contributed by atoms with van der Waals surface area (Å²) < 4.78 is 4.74. The molecule has 0 saturated heterocycles. The molecule has 2 heterocycles. The molecule has 0 amide bonds. The Labute approximate surface area is 249 Å². The highest BCUT2D eigenvalue weighted by Crippen LogP contribution is 2.50. The van der Waals surface area contributed by atoms with Crippen molar-refractivity contribution in [3.8, 4) is 11.1 Å². The van der Waals surface area contributed by atoms with Crippen LogP contribution in [0.3, 0.4) is 0 Å². The van der Waals surface area contributed by atoms with E-state index in [9.17, 15) is 0 Å². The molecular formula is C39H43NS. The van der Waals surface area contributed by atoms with E-state index in [1.54, 1.807) is 11.3 Å². The highest BCUT2D eigenvalue weighted by Gasteiger charge is 2.35. The molecule has 0 radical (unpaired) electrons. The van der Waals surface area contributed by atoms with Gasteiger partial charge < -0.3 is 4.57 Å². The summed E-state index contributed by atoms with van der Waals surface area (Å²) in [6.45, 7) is 21.0. The van der Waals surface area contributed by atoms with Gasteiger partial charge in [0.1, 0.15) is 0 Å². The second-order valence-corrected chi connectivity index (χ2v) is 11.1. The lowest BCUT2D eigenvalue weighted by Crippen LogP contribution is -2.15. The summed E-state index contributed by atoms with van der Waals surface area (Å²) in [5, 5.41) is 5.07. The third kappa shape index (κ3) is 5.06. The molecule has 210 valence electrons. The number of hydrogen-bond donors (Lipinski definition) is 0. The fourth-order valence-electron chi connectivity index (χ4n) is 5.88. The standard InChI is InChI=1S/C33H25NS.3C2H6/c1-21-22(25-13-6-9-17-32(25)35-21)14-10-18-34-30-16-8-5-12-24(30)27-19-26-23-11-4-7-15-28(23)33(2,3)29(26)20-31(27)34;3*1-2/h4-20H,1H2,2-3H3;3*1-2H3/b18-10-,22-14+;;;. The van der Waals surface area contributed by atoms with Gasteiger partial charge in [-0.05, 0) is 57.8 Å². The van der Waals surface area contributed by atoms with Crippen molar-refractivity contribution < 1.29 is 0 Å². The molecule has 0 aliphatic heterocycles. The smallest absolute Gasteiger partial charge is 0.0538 e. The lowest BCUT2D eigenvalue weighted by Gasteiger charge is -2.21. The Morgan fingerprint density at radius 2 is 1.29 bits per heavy atom. The molecule has 0 atom stereocenters. The number of nitrogens with zero attached hydrogens (tertiary/aromatic N) is 1. The normalized spacial score (nSPS) is 13.2. The Hall–Kier alpha value is -3.88. The third-order valence-electron chi connectivity index (χ3n) is 7.62. The molecule has 0 saturated carbocycles. The van der Waals surface area contributed by atoms with E-state index in [4.69, 9.17) is 0 Å². The molecule has 0 fully saturated rings. The van der Waals surface area contributed by atoms with Crippen LogP contribution in [-0.4, -0.2) is 4.57 Å². The monoisotopic (exact) mass is 557 g/mol. The maximum absolute atomic E-state index is 4.29. The second-order valence-electron chi connectivity index (χ2n) is 9.92. The van der Waals surface area contributed by atoms with E-state index < -0.39 is 0 Å². The minimum Gasteiger partial charge on any atom is -0.316 e. The van der Waals surface area contributed by atoms with Crippen molar-refractivity contribution >= 4 is 62.1 Å². The molecule has 1 aliphatic rings. The predicted molar refractivity (Wildman–Crippen MR) is 187 cm³/mol. The highest BCUT2D eigenvalue weighted by molar-refractivity contribution is 7.17. The lowest BCUT2D eigenvalue weighted by atomic mass is 9.82. The van der Waals surface area contributed by atoms with E-state index in [-0.39, 0.29) is 5.41 Å². The Balaban J connectivity index is 0.000000608. The molecule has 41 heavy (non-hydrogen) atoms. The SMILES string of the molecule is C=c1sc2ccccc2/c1=C/C=C\n1c2ccccc2c2cc3c(cc21)C(C)(C)c1ccccc1-3.CC.CC.CC. The molecule has 0 bridgehead atoms. The zero-order chi connectivity index (χ0) is 29.7. The summed E-state index contributed by atoms with van der Waals surface area (Å²) in [6.07, 6.45) is 6.58. The molecule has 4 aromatic carbocycles. The summed E-state index contributed by atoms with van der Waals surface area (Å²) in [6, 6.07) is 31.0. The van der Waals surface area contributed by atoms with E-state index in [0.29, 0.717) is 0 Å². The van der Waals surface area contributed by atoms with Crippen molar-refractivity contribution in [3.05, 3.63) is 112 Å². The zero-order valence-corrected chi connectivity index (χ0v) is 26.7. The summed E-state index contributed by atoms with van der Waals surface area (Å²) in [5.41, 5.74) is 8.00. The quantitative estimate of drug-likeness (QED) is 0.199. The number of hydrogen-bond acceptors (Lipinski definition) is 1. The number of para-hydroxylation sites is 1. The number of rotatable bonds is 2. The maximum Gasteiger partial charge on any atom is 0.0538 e. The van der Waals surface area contributed by atoms with Crippen molar-refractivity contribution in [2.75, 3.05) is 0 Å². The summed E-state index contributed by atoms with van der Waals surface area (Å²) >= 11 is 1.76. The minimum atomic E-state index is -0.0182. The molecule has 7 rings (SSSR count). The van der Waals surface area contributed by atoms with Crippen molar-refractivity contribution in [3.63, 3.8) is 0 Å². The maximum atomic E-state index is 4.29.